The van der Waals surface area contributed by atoms with Crippen LogP contribution in [0.15, 0.2) is 42.5 Å². The molecule has 0 heterocycles. The van der Waals surface area contributed by atoms with E-state index in [-0.39, 0.29) is 11.1 Å². The number of methoxy groups -OCH3 is 1. The van der Waals surface area contributed by atoms with Gasteiger partial charge in [0.2, 0.25) is 0 Å². The van der Waals surface area contributed by atoms with Crippen molar-refractivity contribution in [2.24, 2.45) is 0 Å². The van der Waals surface area contributed by atoms with Crippen molar-refractivity contribution in [3.05, 3.63) is 48.0 Å². The third kappa shape index (κ3) is 4.08. The molecule has 0 aliphatic heterocycles. The molecule has 23 heavy (non-hydrogen) atoms. The van der Waals surface area contributed by atoms with Crippen LogP contribution in [-0.4, -0.2) is 13.5 Å². The number of para-hydroxylation sites is 1. The van der Waals surface area contributed by atoms with E-state index in [9.17, 15) is 26.3 Å². The lowest BCUT2D eigenvalue weighted by Gasteiger charge is -2.16. The molecular weight excluding hydrogens is 326 g/mol. The molecule has 0 atom stereocenters. The summed E-state index contributed by atoms with van der Waals surface area (Å²) in [4.78, 5) is 0. The molecule has 2 aromatic rings. The highest BCUT2D eigenvalue weighted by atomic mass is 19.4. The van der Waals surface area contributed by atoms with E-state index in [0.717, 1.165) is 31.4 Å². The van der Waals surface area contributed by atoms with Crippen LogP contribution < -0.4 is 9.47 Å². The Bertz CT molecular complexity index is 691. The second-order valence-corrected chi connectivity index (χ2v) is 4.46. The van der Waals surface area contributed by atoms with Gasteiger partial charge in [-0.2, -0.15) is 13.2 Å². The lowest BCUT2D eigenvalue weighted by atomic mass is 10.0. The van der Waals surface area contributed by atoms with Crippen LogP contribution in [-0.2, 0) is 6.18 Å². The summed E-state index contributed by atoms with van der Waals surface area (Å²) in [5, 5.41) is 0. The van der Waals surface area contributed by atoms with Crippen molar-refractivity contribution < 1.29 is 35.8 Å². The first-order valence-corrected chi connectivity index (χ1v) is 6.22. The van der Waals surface area contributed by atoms with Gasteiger partial charge in [-0.3, -0.25) is 0 Å². The fourth-order valence-electron chi connectivity index (χ4n) is 2.01. The highest BCUT2D eigenvalue weighted by molar-refractivity contribution is 5.72. The fraction of sp³-hybridized carbons (Fsp3) is 0.200. The molecular formula is C15H10F6O2. The summed E-state index contributed by atoms with van der Waals surface area (Å²) in [6.45, 7) is 0. The minimum absolute atomic E-state index is 0.00292. The number of hydrogen-bond donors (Lipinski definition) is 0. The Labute approximate surface area is 127 Å². The molecule has 2 rings (SSSR count). The molecule has 0 unspecified atom stereocenters. The molecule has 124 valence electrons. The molecule has 0 spiro atoms. The normalized spacial score (nSPS) is 12.1. The molecule has 0 aliphatic rings. The highest BCUT2D eigenvalue weighted by Gasteiger charge is 2.35. The van der Waals surface area contributed by atoms with Crippen LogP contribution in [0, 0.1) is 0 Å². The fourth-order valence-corrected chi connectivity index (χ4v) is 2.01. The first kappa shape index (κ1) is 17.0. The van der Waals surface area contributed by atoms with Crippen molar-refractivity contribution in [2.45, 2.75) is 12.5 Å². The van der Waals surface area contributed by atoms with Gasteiger partial charge in [0.1, 0.15) is 11.5 Å². The molecule has 0 saturated heterocycles. The van der Waals surface area contributed by atoms with Gasteiger partial charge in [0.25, 0.3) is 0 Å². The maximum Gasteiger partial charge on any atom is 0.573 e. The second-order valence-electron chi connectivity index (χ2n) is 4.46. The molecule has 2 nitrogen and oxygen atoms in total. The number of benzene rings is 2. The van der Waals surface area contributed by atoms with Gasteiger partial charge < -0.3 is 9.47 Å². The Morgan fingerprint density at radius 1 is 0.826 bits per heavy atom. The largest absolute Gasteiger partial charge is 0.573 e. The van der Waals surface area contributed by atoms with Crippen LogP contribution in [0.4, 0.5) is 26.3 Å². The third-order valence-corrected chi connectivity index (χ3v) is 2.93. The number of rotatable bonds is 3. The molecule has 0 radical (unpaired) electrons. The Hall–Kier alpha value is -2.38. The van der Waals surface area contributed by atoms with Gasteiger partial charge in [0, 0.05) is 5.56 Å². The molecule has 0 bridgehead atoms. The zero-order chi connectivity index (χ0) is 17.3. The van der Waals surface area contributed by atoms with Crippen LogP contribution in [0.2, 0.25) is 0 Å². The van der Waals surface area contributed by atoms with E-state index >= 15 is 0 Å². The lowest BCUT2D eigenvalue weighted by Crippen LogP contribution is -2.17. The minimum atomic E-state index is -4.91. The Kier molecular flexibility index (Phi) is 4.44. The quantitative estimate of drug-likeness (QED) is 0.710. The summed E-state index contributed by atoms with van der Waals surface area (Å²) >= 11 is 0. The molecule has 0 aromatic heterocycles. The van der Waals surface area contributed by atoms with E-state index in [1.54, 1.807) is 0 Å². The van der Waals surface area contributed by atoms with Crippen molar-refractivity contribution >= 4 is 0 Å². The average Bonchev–Trinajstić information content (AvgIpc) is 2.44. The average molecular weight is 336 g/mol. The van der Waals surface area contributed by atoms with Crippen molar-refractivity contribution in [1.82, 2.24) is 0 Å². The first-order valence-electron chi connectivity index (χ1n) is 6.22. The Balaban J connectivity index is 2.52. The molecule has 0 N–H and O–H groups in total. The summed E-state index contributed by atoms with van der Waals surface area (Å²) in [6, 6.07) is 7.98. The van der Waals surface area contributed by atoms with Crippen LogP contribution >= 0.6 is 0 Å². The molecule has 2 aromatic carbocycles. The smallest absolute Gasteiger partial charge is 0.496 e. The van der Waals surface area contributed by atoms with Crippen molar-refractivity contribution in [3.8, 4) is 22.6 Å². The number of alkyl halides is 6. The van der Waals surface area contributed by atoms with Crippen molar-refractivity contribution in [3.63, 3.8) is 0 Å². The maximum absolute atomic E-state index is 12.8. The van der Waals surface area contributed by atoms with Gasteiger partial charge in [-0.05, 0) is 23.8 Å². The van der Waals surface area contributed by atoms with Gasteiger partial charge in [-0.15, -0.1) is 13.2 Å². The SMILES string of the molecule is COc1cc(-c2ccccc2OC(F)(F)F)ccc1C(F)(F)F. The van der Waals surface area contributed by atoms with Crippen LogP contribution in [0.3, 0.4) is 0 Å². The van der Waals surface area contributed by atoms with E-state index in [4.69, 9.17) is 4.74 Å². The monoisotopic (exact) mass is 336 g/mol. The van der Waals surface area contributed by atoms with Crippen LogP contribution in [0.5, 0.6) is 11.5 Å². The van der Waals surface area contributed by atoms with E-state index in [2.05, 4.69) is 4.74 Å². The summed E-state index contributed by atoms with van der Waals surface area (Å²) in [5.41, 5.74) is -0.912. The molecule has 0 amide bonds. The highest BCUT2D eigenvalue weighted by Crippen LogP contribution is 2.40. The standard InChI is InChI=1S/C15H10F6O2/c1-22-13-8-9(6-7-11(13)14(16,17)18)10-4-2-3-5-12(10)23-15(19,20)21/h2-8H,1H3. The molecule has 0 fully saturated rings. The first-order chi connectivity index (χ1) is 10.6. The van der Waals surface area contributed by atoms with Gasteiger partial charge in [-0.25, -0.2) is 0 Å². The summed E-state index contributed by atoms with van der Waals surface area (Å²) in [7, 11) is 1.05. The van der Waals surface area contributed by atoms with Gasteiger partial charge >= 0.3 is 12.5 Å². The predicted octanol–water partition coefficient (Wildman–Crippen LogP) is 5.28. The second kappa shape index (κ2) is 6.02. The molecule has 8 heteroatoms. The summed E-state index contributed by atoms with van der Waals surface area (Å²) < 4.78 is 84.3. The summed E-state index contributed by atoms with van der Waals surface area (Å²) in [5.74, 6) is -1.00. The van der Waals surface area contributed by atoms with Gasteiger partial charge in [0.15, 0.2) is 0 Å². The maximum atomic E-state index is 12.8. The van der Waals surface area contributed by atoms with E-state index in [1.807, 2.05) is 0 Å². The lowest BCUT2D eigenvalue weighted by molar-refractivity contribution is -0.274. The number of halogens is 6. The Morgan fingerprint density at radius 2 is 1.48 bits per heavy atom. The third-order valence-electron chi connectivity index (χ3n) is 2.93. The zero-order valence-corrected chi connectivity index (χ0v) is 11.6. The minimum Gasteiger partial charge on any atom is -0.496 e. The van der Waals surface area contributed by atoms with E-state index < -0.39 is 29.6 Å². The predicted molar refractivity (Wildman–Crippen MR) is 70.1 cm³/mol. The van der Waals surface area contributed by atoms with Crippen LogP contribution in [0.1, 0.15) is 5.56 Å². The number of ether oxygens (including phenoxy) is 2. The van der Waals surface area contributed by atoms with Crippen molar-refractivity contribution in [2.75, 3.05) is 7.11 Å². The van der Waals surface area contributed by atoms with E-state index in [0.29, 0.717) is 0 Å². The zero-order valence-electron chi connectivity index (χ0n) is 11.6. The van der Waals surface area contributed by atoms with Gasteiger partial charge in [-0.1, -0.05) is 24.3 Å². The van der Waals surface area contributed by atoms with E-state index in [1.165, 1.54) is 18.2 Å². The Morgan fingerprint density at radius 3 is 2.04 bits per heavy atom. The number of hydrogen-bond acceptors (Lipinski definition) is 2. The van der Waals surface area contributed by atoms with Crippen molar-refractivity contribution in [1.29, 1.82) is 0 Å². The summed E-state index contributed by atoms with van der Waals surface area (Å²) in [6.07, 6.45) is -9.54. The van der Waals surface area contributed by atoms with Gasteiger partial charge in [0.05, 0.1) is 12.7 Å². The molecule has 0 saturated carbocycles. The molecule has 0 aliphatic carbocycles. The topological polar surface area (TPSA) is 18.5 Å². The van der Waals surface area contributed by atoms with Crippen LogP contribution in [0.25, 0.3) is 11.1 Å².